The van der Waals surface area contributed by atoms with Gasteiger partial charge in [0.15, 0.2) is 0 Å². The molecule has 8 nitrogen and oxygen atoms in total. The van der Waals surface area contributed by atoms with Crippen LogP contribution in [0.1, 0.15) is 25.7 Å². The van der Waals surface area contributed by atoms with Crippen molar-refractivity contribution in [2.24, 2.45) is 0 Å². The lowest BCUT2D eigenvalue weighted by atomic mass is 9.86. The largest absolute Gasteiger partial charge is 0.363 e. The number of morpholine rings is 1. The fraction of sp³-hybridized carbons (Fsp3) is 0.588. The first-order chi connectivity index (χ1) is 12.9. The SMILES string of the molecule is CN1CC2(CC3CCC(C2)N3S(=O)(=O)c2cccc3nsnc23)OCC1=O. The number of hydrogen-bond acceptors (Lipinski definition) is 7. The Hall–Kier alpha value is -1.62. The summed E-state index contributed by atoms with van der Waals surface area (Å²) >= 11 is 1.02. The van der Waals surface area contributed by atoms with Gasteiger partial charge in [-0.1, -0.05) is 6.07 Å². The first-order valence-corrected chi connectivity index (χ1v) is 11.2. The number of carbonyl (C=O) groups excluding carboxylic acids is 1. The van der Waals surface area contributed by atoms with Gasteiger partial charge in [0.05, 0.1) is 17.3 Å². The lowest BCUT2D eigenvalue weighted by Crippen LogP contribution is -2.61. The normalized spacial score (nSPS) is 31.9. The van der Waals surface area contributed by atoms with E-state index >= 15 is 0 Å². The Kier molecular flexibility index (Phi) is 3.84. The molecule has 1 spiro atoms. The number of hydrogen-bond donors (Lipinski definition) is 0. The van der Waals surface area contributed by atoms with E-state index in [0.717, 1.165) is 24.6 Å². The summed E-state index contributed by atoms with van der Waals surface area (Å²) in [6, 6.07) is 4.89. The Bertz CT molecular complexity index is 1010. The van der Waals surface area contributed by atoms with E-state index < -0.39 is 15.6 Å². The van der Waals surface area contributed by atoms with Crippen molar-refractivity contribution in [2.75, 3.05) is 20.2 Å². The third kappa shape index (κ3) is 2.61. The molecule has 2 atom stereocenters. The van der Waals surface area contributed by atoms with Gasteiger partial charge in [-0.15, -0.1) is 0 Å². The molecule has 0 aliphatic carbocycles. The predicted octanol–water partition coefficient (Wildman–Crippen LogP) is 1.23. The van der Waals surface area contributed by atoms with Crippen molar-refractivity contribution in [1.82, 2.24) is 18.0 Å². The maximum atomic E-state index is 13.5. The number of rotatable bonds is 2. The number of carbonyl (C=O) groups is 1. The van der Waals surface area contributed by atoms with Gasteiger partial charge >= 0.3 is 0 Å². The molecular formula is C17H20N4O4S2. The first-order valence-electron chi connectivity index (χ1n) is 9.02. The van der Waals surface area contributed by atoms with E-state index in [-0.39, 0.29) is 29.5 Å². The summed E-state index contributed by atoms with van der Waals surface area (Å²) in [5.41, 5.74) is 0.619. The minimum atomic E-state index is -3.67. The van der Waals surface area contributed by atoms with Crippen LogP contribution < -0.4 is 0 Å². The lowest BCUT2D eigenvalue weighted by Gasteiger charge is -2.49. The van der Waals surface area contributed by atoms with Crippen LogP contribution in [-0.4, -0.2) is 70.2 Å². The van der Waals surface area contributed by atoms with Crippen molar-refractivity contribution in [3.63, 3.8) is 0 Å². The van der Waals surface area contributed by atoms with E-state index in [1.54, 1.807) is 34.5 Å². The van der Waals surface area contributed by atoms with Gasteiger partial charge in [0.2, 0.25) is 15.9 Å². The summed E-state index contributed by atoms with van der Waals surface area (Å²) in [7, 11) is -1.89. The van der Waals surface area contributed by atoms with Crippen LogP contribution >= 0.6 is 11.7 Å². The fourth-order valence-electron chi connectivity index (χ4n) is 4.90. The molecule has 4 heterocycles. The lowest BCUT2D eigenvalue weighted by molar-refractivity contribution is -0.170. The standard InChI is InChI=1S/C17H20N4O4S2/c1-20-10-17(25-9-15(20)22)7-11-5-6-12(8-17)21(11)27(23,24)14-4-2-3-13-16(14)19-26-18-13/h2-4,11-12H,5-10H2,1H3. The van der Waals surface area contributed by atoms with Crippen LogP contribution in [-0.2, 0) is 19.6 Å². The molecule has 10 heteroatoms. The van der Waals surface area contributed by atoms with Gasteiger partial charge in [-0.05, 0) is 37.8 Å². The summed E-state index contributed by atoms with van der Waals surface area (Å²) in [4.78, 5) is 13.7. The predicted molar refractivity (Wildman–Crippen MR) is 98.8 cm³/mol. The van der Waals surface area contributed by atoms with Gasteiger partial charge in [0.1, 0.15) is 22.5 Å². The molecule has 0 N–H and O–H groups in total. The van der Waals surface area contributed by atoms with Crippen LogP contribution in [0.2, 0.25) is 0 Å². The number of likely N-dealkylation sites (N-methyl/N-ethyl adjacent to an activating group) is 1. The number of piperidine rings is 1. The van der Waals surface area contributed by atoms with Crippen molar-refractivity contribution >= 4 is 38.7 Å². The van der Waals surface area contributed by atoms with Crippen molar-refractivity contribution in [1.29, 1.82) is 0 Å². The molecule has 0 saturated carbocycles. The van der Waals surface area contributed by atoms with Crippen molar-refractivity contribution in [3.05, 3.63) is 18.2 Å². The quantitative estimate of drug-likeness (QED) is 0.742. The van der Waals surface area contributed by atoms with E-state index in [0.29, 0.717) is 30.4 Å². The van der Waals surface area contributed by atoms with Crippen molar-refractivity contribution < 1.29 is 17.9 Å². The highest BCUT2D eigenvalue weighted by Crippen LogP contribution is 2.46. The number of ether oxygens (including phenoxy) is 1. The van der Waals surface area contributed by atoms with Crippen molar-refractivity contribution in [2.45, 2.75) is 48.3 Å². The zero-order chi connectivity index (χ0) is 18.8. The summed E-state index contributed by atoms with van der Waals surface area (Å²) < 4.78 is 43.0. The summed E-state index contributed by atoms with van der Waals surface area (Å²) in [5, 5.41) is 0. The fourth-order valence-corrected chi connectivity index (χ4v) is 7.52. The third-order valence-corrected chi connectivity index (χ3v) is 8.60. The van der Waals surface area contributed by atoms with E-state index in [9.17, 15) is 13.2 Å². The molecule has 1 amide bonds. The van der Waals surface area contributed by atoms with E-state index in [1.165, 1.54) is 0 Å². The molecule has 144 valence electrons. The van der Waals surface area contributed by atoms with Crippen LogP contribution in [0.15, 0.2) is 23.1 Å². The molecule has 5 rings (SSSR count). The first kappa shape index (κ1) is 17.5. The maximum absolute atomic E-state index is 13.5. The minimum Gasteiger partial charge on any atom is -0.363 e. The van der Waals surface area contributed by atoms with E-state index in [4.69, 9.17) is 4.74 Å². The van der Waals surface area contributed by atoms with Crippen molar-refractivity contribution in [3.8, 4) is 0 Å². The maximum Gasteiger partial charge on any atom is 0.248 e. The Labute approximate surface area is 161 Å². The Morgan fingerprint density at radius 3 is 2.67 bits per heavy atom. The molecule has 1 aromatic carbocycles. The molecule has 2 bridgehead atoms. The molecule has 3 aliphatic heterocycles. The molecule has 0 radical (unpaired) electrons. The highest BCUT2D eigenvalue weighted by Gasteiger charge is 2.55. The second-order valence-corrected chi connectivity index (χ2v) is 10.1. The van der Waals surface area contributed by atoms with Gasteiger partial charge in [0, 0.05) is 25.7 Å². The van der Waals surface area contributed by atoms with Gasteiger partial charge in [-0.25, -0.2) is 8.42 Å². The second-order valence-electron chi connectivity index (χ2n) is 7.74. The second kappa shape index (κ2) is 5.94. The van der Waals surface area contributed by atoms with Gasteiger partial charge in [0.25, 0.3) is 0 Å². The molecular weight excluding hydrogens is 388 g/mol. The van der Waals surface area contributed by atoms with Crippen LogP contribution in [0, 0.1) is 0 Å². The Morgan fingerprint density at radius 2 is 1.96 bits per heavy atom. The molecule has 1 aromatic heterocycles. The summed E-state index contributed by atoms with van der Waals surface area (Å²) in [6.07, 6.45) is 2.87. The average molecular weight is 409 g/mol. The molecule has 27 heavy (non-hydrogen) atoms. The number of benzene rings is 1. The zero-order valence-electron chi connectivity index (χ0n) is 14.9. The number of fused-ring (bicyclic) bond motifs is 3. The Morgan fingerprint density at radius 1 is 1.22 bits per heavy atom. The average Bonchev–Trinajstić information content (AvgIpc) is 3.22. The van der Waals surface area contributed by atoms with E-state index in [1.807, 2.05) is 0 Å². The van der Waals surface area contributed by atoms with Crippen LogP contribution in [0.4, 0.5) is 0 Å². The third-order valence-electron chi connectivity index (χ3n) is 6.03. The van der Waals surface area contributed by atoms with Gasteiger partial charge in [-0.2, -0.15) is 13.1 Å². The number of nitrogens with zero attached hydrogens (tertiary/aromatic N) is 4. The number of amides is 1. The molecule has 3 saturated heterocycles. The van der Waals surface area contributed by atoms with Crippen LogP contribution in [0.25, 0.3) is 11.0 Å². The highest BCUT2D eigenvalue weighted by molar-refractivity contribution is 7.89. The smallest absolute Gasteiger partial charge is 0.248 e. The molecule has 2 unspecified atom stereocenters. The van der Waals surface area contributed by atoms with E-state index in [2.05, 4.69) is 8.75 Å². The van der Waals surface area contributed by atoms with Gasteiger partial charge < -0.3 is 9.64 Å². The van der Waals surface area contributed by atoms with Crippen LogP contribution in [0.3, 0.4) is 0 Å². The number of sulfonamides is 1. The molecule has 3 aliphatic rings. The topological polar surface area (TPSA) is 92.7 Å². The number of aromatic nitrogens is 2. The zero-order valence-corrected chi connectivity index (χ0v) is 16.5. The molecule has 3 fully saturated rings. The highest BCUT2D eigenvalue weighted by atomic mass is 32.2. The monoisotopic (exact) mass is 408 g/mol. The van der Waals surface area contributed by atoms with Gasteiger partial charge in [-0.3, -0.25) is 4.79 Å². The summed E-state index contributed by atoms with van der Waals surface area (Å²) in [6.45, 7) is 0.602. The molecule has 2 aromatic rings. The minimum absolute atomic E-state index is 0.0225. The van der Waals surface area contributed by atoms with Crippen LogP contribution in [0.5, 0.6) is 0 Å². The summed E-state index contributed by atoms with van der Waals surface area (Å²) in [5.74, 6) is -0.0225. The Balaban J connectivity index is 1.49.